The minimum atomic E-state index is -0.485. The molecule has 1 aliphatic carbocycles. The maximum atomic E-state index is 9.43. The average molecular weight is 249 g/mol. The molecule has 1 aromatic rings. The summed E-state index contributed by atoms with van der Waals surface area (Å²) in [6.45, 7) is 1.99. The molecule has 90 valence electrons. The number of anilines is 1. The van der Waals surface area contributed by atoms with Crippen LogP contribution in [0.15, 0.2) is 24.3 Å². The highest BCUT2D eigenvalue weighted by Crippen LogP contribution is 2.36. The van der Waals surface area contributed by atoms with Gasteiger partial charge in [0.15, 0.2) is 0 Å². The van der Waals surface area contributed by atoms with Crippen molar-refractivity contribution in [3.63, 3.8) is 0 Å². The van der Waals surface area contributed by atoms with Gasteiger partial charge in [-0.2, -0.15) is 5.26 Å². The van der Waals surface area contributed by atoms with Gasteiger partial charge in [0.2, 0.25) is 0 Å². The summed E-state index contributed by atoms with van der Waals surface area (Å²) in [5.74, 6) is 0.437. The molecule has 17 heavy (non-hydrogen) atoms. The molecule has 0 saturated heterocycles. The van der Waals surface area contributed by atoms with Gasteiger partial charge in [-0.05, 0) is 43.9 Å². The first-order valence-corrected chi connectivity index (χ1v) is 6.47. The molecule has 1 aromatic carbocycles. The first-order valence-electron chi connectivity index (χ1n) is 6.09. The van der Waals surface area contributed by atoms with E-state index < -0.39 is 5.54 Å². The molecule has 2 rings (SSSR count). The third-order valence-corrected chi connectivity index (χ3v) is 3.87. The predicted molar refractivity (Wildman–Crippen MR) is 71.1 cm³/mol. The molecule has 0 aliphatic heterocycles. The van der Waals surface area contributed by atoms with Crippen LogP contribution in [0.2, 0.25) is 5.02 Å². The number of nitrogens with one attached hydrogen (secondary N) is 1. The highest BCUT2D eigenvalue weighted by atomic mass is 35.5. The van der Waals surface area contributed by atoms with E-state index in [1.807, 2.05) is 31.2 Å². The van der Waals surface area contributed by atoms with Crippen molar-refractivity contribution in [2.75, 3.05) is 5.32 Å². The smallest absolute Gasteiger partial charge is 0.125 e. The van der Waals surface area contributed by atoms with Crippen molar-refractivity contribution >= 4 is 17.3 Å². The summed E-state index contributed by atoms with van der Waals surface area (Å²) in [6, 6.07) is 10.00. The molecule has 0 spiro atoms. The van der Waals surface area contributed by atoms with Crippen molar-refractivity contribution in [1.29, 1.82) is 5.26 Å². The maximum Gasteiger partial charge on any atom is 0.125 e. The molecule has 1 aliphatic rings. The second-order valence-electron chi connectivity index (χ2n) is 4.93. The zero-order valence-corrected chi connectivity index (χ0v) is 10.8. The molecule has 0 radical (unpaired) electrons. The van der Waals surface area contributed by atoms with Crippen LogP contribution in [0.4, 0.5) is 5.69 Å². The Bertz CT molecular complexity index is 432. The highest BCUT2D eigenvalue weighted by Gasteiger charge is 2.36. The first-order chi connectivity index (χ1) is 8.14. The van der Waals surface area contributed by atoms with Gasteiger partial charge in [-0.3, -0.25) is 0 Å². The van der Waals surface area contributed by atoms with Gasteiger partial charge >= 0.3 is 0 Å². The first kappa shape index (κ1) is 12.3. The molecule has 1 saturated carbocycles. The van der Waals surface area contributed by atoms with E-state index in [1.165, 1.54) is 12.8 Å². The summed E-state index contributed by atoms with van der Waals surface area (Å²) >= 11 is 5.95. The number of hydrogen-bond donors (Lipinski definition) is 1. The minimum absolute atomic E-state index is 0.437. The van der Waals surface area contributed by atoms with E-state index in [9.17, 15) is 5.26 Å². The largest absolute Gasteiger partial charge is 0.367 e. The molecule has 1 unspecified atom stereocenters. The molecule has 1 fully saturated rings. The fraction of sp³-hybridized carbons (Fsp3) is 0.500. The summed E-state index contributed by atoms with van der Waals surface area (Å²) in [5.41, 5.74) is 0.440. The second-order valence-corrected chi connectivity index (χ2v) is 5.37. The Morgan fingerprint density at radius 2 is 2.12 bits per heavy atom. The summed E-state index contributed by atoms with van der Waals surface area (Å²) in [6.07, 6.45) is 4.74. The lowest BCUT2D eigenvalue weighted by molar-refractivity contribution is 0.404. The molecule has 1 atom stereocenters. The monoisotopic (exact) mass is 248 g/mol. The second kappa shape index (κ2) is 4.98. The van der Waals surface area contributed by atoms with Crippen LogP contribution in [-0.4, -0.2) is 5.54 Å². The Morgan fingerprint density at radius 3 is 2.71 bits per heavy atom. The molecule has 2 nitrogen and oxygen atoms in total. The van der Waals surface area contributed by atoms with E-state index in [0.29, 0.717) is 10.9 Å². The Kier molecular flexibility index (Phi) is 3.59. The zero-order valence-electron chi connectivity index (χ0n) is 10.0. The Labute approximate surface area is 108 Å². The SMILES string of the molecule is CC(C#N)(Nc1cccc(Cl)c1)C1CCCC1. The number of hydrogen-bond acceptors (Lipinski definition) is 2. The van der Waals surface area contributed by atoms with Gasteiger partial charge in [0, 0.05) is 10.7 Å². The molecular weight excluding hydrogens is 232 g/mol. The maximum absolute atomic E-state index is 9.43. The van der Waals surface area contributed by atoms with Crippen molar-refractivity contribution in [3.05, 3.63) is 29.3 Å². The van der Waals surface area contributed by atoms with E-state index >= 15 is 0 Å². The fourth-order valence-electron chi connectivity index (χ4n) is 2.59. The van der Waals surface area contributed by atoms with Crippen LogP contribution < -0.4 is 5.32 Å². The summed E-state index contributed by atoms with van der Waals surface area (Å²) in [7, 11) is 0. The van der Waals surface area contributed by atoms with Gasteiger partial charge in [0.25, 0.3) is 0 Å². The molecule has 0 bridgehead atoms. The van der Waals surface area contributed by atoms with Crippen molar-refractivity contribution in [2.45, 2.75) is 38.1 Å². The molecule has 1 N–H and O–H groups in total. The van der Waals surface area contributed by atoms with E-state index in [-0.39, 0.29) is 0 Å². The van der Waals surface area contributed by atoms with Gasteiger partial charge < -0.3 is 5.32 Å². The van der Waals surface area contributed by atoms with Crippen LogP contribution in [0.3, 0.4) is 0 Å². The quantitative estimate of drug-likeness (QED) is 0.869. The lowest BCUT2D eigenvalue weighted by Crippen LogP contribution is -2.40. The van der Waals surface area contributed by atoms with Crippen LogP contribution in [0, 0.1) is 17.2 Å². The van der Waals surface area contributed by atoms with E-state index in [0.717, 1.165) is 18.5 Å². The van der Waals surface area contributed by atoms with Gasteiger partial charge in [0.1, 0.15) is 5.54 Å². The lowest BCUT2D eigenvalue weighted by Gasteiger charge is -2.30. The van der Waals surface area contributed by atoms with Crippen LogP contribution in [0.5, 0.6) is 0 Å². The van der Waals surface area contributed by atoms with E-state index in [2.05, 4.69) is 11.4 Å². The molecule has 0 amide bonds. The fourth-order valence-corrected chi connectivity index (χ4v) is 2.78. The summed E-state index contributed by atoms with van der Waals surface area (Å²) < 4.78 is 0. The predicted octanol–water partition coefficient (Wildman–Crippen LogP) is 4.22. The summed E-state index contributed by atoms with van der Waals surface area (Å²) in [4.78, 5) is 0. The van der Waals surface area contributed by atoms with Crippen LogP contribution in [-0.2, 0) is 0 Å². The third kappa shape index (κ3) is 2.73. The average Bonchev–Trinajstić information content (AvgIpc) is 2.83. The van der Waals surface area contributed by atoms with Crippen LogP contribution in [0.1, 0.15) is 32.6 Å². The number of halogens is 1. The number of rotatable bonds is 3. The number of nitrogens with zero attached hydrogens (tertiary/aromatic N) is 1. The molecular formula is C14H17ClN2. The number of benzene rings is 1. The highest BCUT2D eigenvalue weighted by molar-refractivity contribution is 6.30. The van der Waals surface area contributed by atoms with Gasteiger partial charge in [-0.25, -0.2) is 0 Å². The molecule has 3 heteroatoms. The number of nitriles is 1. The van der Waals surface area contributed by atoms with Gasteiger partial charge in [-0.1, -0.05) is 30.5 Å². The van der Waals surface area contributed by atoms with Crippen LogP contribution in [0.25, 0.3) is 0 Å². The van der Waals surface area contributed by atoms with Crippen molar-refractivity contribution < 1.29 is 0 Å². The molecule has 0 heterocycles. The molecule has 0 aromatic heterocycles. The minimum Gasteiger partial charge on any atom is -0.367 e. The van der Waals surface area contributed by atoms with Crippen LogP contribution >= 0.6 is 11.6 Å². The van der Waals surface area contributed by atoms with Gasteiger partial charge in [-0.15, -0.1) is 0 Å². The third-order valence-electron chi connectivity index (χ3n) is 3.63. The van der Waals surface area contributed by atoms with Gasteiger partial charge in [0.05, 0.1) is 6.07 Å². The Morgan fingerprint density at radius 1 is 1.41 bits per heavy atom. The summed E-state index contributed by atoms with van der Waals surface area (Å²) in [5, 5.41) is 13.5. The normalized spacial score (nSPS) is 19.6. The standard InChI is InChI=1S/C14H17ClN2/c1-14(10-16,11-5-2-3-6-11)17-13-8-4-7-12(15)9-13/h4,7-9,11,17H,2-3,5-6H2,1H3. The van der Waals surface area contributed by atoms with Crippen molar-refractivity contribution in [2.24, 2.45) is 5.92 Å². The lowest BCUT2D eigenvalue weighted by atomic mass is 9.85. The van der Waals surface area contributed by atoms with E-state index in [1.54, 1.807) is 0 Å². The van der Waals surface area contributed by atoms with Crippen molar-refractivity contribution in [1.82, 2.24) is 0 Å². The van der Waals surface area contributed by atoms with Crippen molar-refractivity contribution in [3.8, 4) is 6.07 Å². The topological polar surface area (TPSA) is 35.8 Å². The Balaban J connectivity index is 2.17. The zero-order chi connectivity index (χ0) is 12.3. The Hall–Kier alpha value is -1.20. The van der Waals surface area contributed by atoms with E-state index in [4.69, 9.17) is 11.6 Å².